The molecule has 1 heterocycles. The quantitative estimate of drug-likeness (QED) is 0.557. The van der Waals surface area contributed by atoms with E-state index in [0.717, 1.165) is 9.37 Å². The first-order valence-corrected chi connectivity index (χ1v) is 8.54. The summed E-state index contributed by atoms with van der Waals surface area (Å²) in [5.74, 6) is -0.270. The lowest BCUT2D eigenvalue weighted by atomic mass is 10.1. The van der Waals surface area contributed by atoms with Crippen molar-refractivity contribution in [2.24, 2.45) is 0 Å². The van der Waals surface area contributed by atoms with Crippen LogP contribution in [0.1, 0.15) is 20.7 Å². The fourth-order valence-corrected chi connectivity index (χ4v) is 3.01. The maximum Gasteiger partial charge on any atom is 0.266 e. The van der Waals surface area contributed by atoms with Gasteiger partial charge in [-0.1, -0.05) is 15.9 Å². The summed E-state index contributed by atoms with van der Waals surface area (Å²) >= 11 is 3.35. The molecule has 4 nitrogen and oxygen atoms in total. The Morgan fingerprint density at radius 1 is 0.769 bits per heavy atom. The summed E-state index contributed by atoms with van der Waals surface area (Å²) in [6.45, 7) is 0. The molecule has 3 aromatic rings. The third-order valence-corrected chi connectivity index (χ3v) is 4.52. The van der Waals surface area contributed by atoms with Gasteiger partial charge in [0.1, 0.15) is 17.3 Å². The third-order valence-electron chi connectivity index (χ3n) is 3.99. The van der Waals surface area contributed by atoms with Gasteiger partial charge >= 0.3 is 0 Å². The Labute approximate surface area is 156 Å². The van der Waals surface area contributed by atoms with Crippen molar-refractivity contribution >= 4 is 33.4 Å². The van der Waals surface area contributed by atoms with E-state index in [9.17, 15) is 14.0 Å². The van der Waals surface area contributed by atoms with Gasteiger partial charge in [0.25, 0.3) is 11.8 Å². The van der Waals surface area contributed by atoms with Crippen molar-refractivity contribution in [3.05, 3.63) is 88.1 Å². The van der Waals surface area contributed by atoms with Crippen LogP contribution >= 0.6 is 15.9 Å². The number of hydrogen-bond donors (Lipinski definition) is 0. The number of rotatable bonds is 3. The van der Waals surface area contributed by atoms with E-state index >= 15 is 0 Å². The summed E-state index contributed by atoms with van der Waals surface area (Å²) in [6, 6.07) is 17.2. The summed E-state index contributed by atoms with van der Waals surface area (Å²) in [5, 5.41) is 0. The van der Waals surface area contributed by atoms with Crippen molar-refractivity contribution in [1.29, 1.82) is 0 Å². The Morgan fingerprint density at radius 2 is 1.38 bits per heavy atom. The van der Waals surface area contributed by atoms with E-state index in [2.05, 4.69) is 15.9 Å². The van der Waals surface area contributed by atoms with Crippen LogP contribution in [0, 0.1) is 5.82 Å². The predicted molar refractivity (Wildman–Crippen MR) is 98.2 cm³/mol. The maximum absolute atomic E-state index is 13.1. The molecule has 2 amide bonds. The lowest BCUT2D eigenvalue weighted by Gasteiger charge is -2.13. The molecule has 3 aromatic carbocycles. The zero-order valence-electron chi connectivity index (χ0n) is 13.3. The zero-order chi connectivity index (χ0) is 18.3. The van der Waals surface area contributed by atoms with Crippen molar-refractivity contribution in [2.45, 2.75) is 0 Å². The van der Waals surface area contributed by atoms with Crippen LogP contribution in [0.15, 0.2) is 71.2 Å². The number of anilines is 1. The molecule has 26 heavy (non-hydrogen) atoms. The fraction of sp³-hybridized carbons (Fsp3) is 0. The van der Waals surface area contributed by atoms with Gasteiger partial charge in [0.2, 0.25) is 0 Å². The smallest absolute Gasteiger partial charge is 0.266 e. The summed E-state index contributed by atoms with van der Waals surface area (Å²) in [5.41, 5.74) is 0.879. The van der Waals surface area contributed by atoms with Gasteiger partial charge < -0.3 is 4.74 Å². The highest BCUT2D eigenvalue weighted by Gasteiger charge is 2.37. The monoisotopic (exact) mass is 411 g/mol. The molecule has 4 rings (SSSR count). The Hall–Kier alpha value is -2.99. The molecule has 128 valence electrons. The molecular formula is C20H11BrFNO3. The SMILES string of the molecule is O=C1c2ccc(Oc3ccc(Br)cc3)cc2C(=O)N1c1ccc(F)cc1. The van der Waals surface area contributed by atoms with Crippen molar-refractivity contribution in [1.82, 2.24) is 0 Å². The van der Waals surface area contributed by atoms with Crippen LogP contribution in [-0.4, -0.2) is 11.8 Å². The van der Waals surface area contributed by atoms with Crippen LogP contribution < -0.4 is 9.64 Å². The number of halogens is 2. The minimum Gasteiger partial charge on any atom is -0.457 e. The second-order valence-electron chi connectivity index (χ2n) is 5.69. The first-order valence-electron chi connectivity index (χ1n) is 7.75. The van der Waals surface area contributed by atoms with E-state index < -0.39 is 17.6 Å². The van der Waals surface area contributed by atoms with Crippen molar-refractivity contribution < 1.29 is 18.7 Å². The highest BCUT2D eigenvalue weighted by atomic mass is 79.9. The normalized spacial score (nSPS) is 13.1. The molecular weight excluding hydrogens is 401 g/mol. The number of carbonyl (C=O) groups excluding carboxylic acids is 2. The zero-order valence-corrected chi connectivity index (χ0v) is 14.9. The van der Waals surface area contributed by atoms with E-state index in [1.807, 2.05) is 12.1 Å². The summed E-state index contributed by atoms with van der Waals surface area (Å²) in [4.78, 5) is 26.3. The number of imide groups is 1. The summed E-state index contributed by atoms with van der Waals surface area (Å²) in [6.07, 6.45) is 0. The topological polar surface area (TPSA) is 46.6 Å². The molecule has 0 fully saturated rings. The Morgan fingerprint density at radius 3 is 2.08 bits per heavy atom. The molecule has 0 N–H and O–H groups in total. The van der Waals surface area contributed by atoms with E-state index in [1.165, 1.54) is 24.3 Å². The van der Waals surface area contributed by atoms with E-state index in [1.54, 1.807) is 30.3 Å². The number of carbonyl (C=O) groups is 2. The minimum absolute atomic E-state index is 0.258. The van der Waals surface area contributed by atoms with Gasteiger partial charge in [-0.05, 0) is 66.7 Å². The molecule has 1 aliphatic rings. The number of amides is 2. The molecule has 0 radical (unpaired) electrons. The first kappa shape index (κ1) is 16.5. The number of hydrogen-bond acceptors (Lipinski definition) is 3. The average molecular weight is 412 g/mol. The first-order chi connectivity index (χ1) is 12.5. The molecule has 0 unspecified atom stereocenters. The van der Waals surface area contributed by atoms with Crippen LogP contribution in [0.25, 0.3) is 0 Å². The predicted octanol–water partition coefficient (Wildman–Crippen LogP) is 5.18. The minimum atomic E-state index is -0.460. The van der Waals surface area contributed by atoms with Gasteiger partial charge in [0.15, 0.2) is 0 Å². The third kappa shape index (κ3) is 2.88. The van der Waals surface area contributed by atoms with Crippen LogP contribution in [0.4, 0.5) is 10.1 Å². The van der Waals surface area contributed by atoms with Crippen LogP contribution in [0.3, 0.4) is 0 Å². The van der Waals surface area contributed by atoms with Gasteiger partial charge in [-0.15, -0.1) is 0 Å². The molecule has 0 atom stereocenters. The Bertz CT molecular complexity index is 1020. The molecule has 6 heteroatoms. The van der Waals surface area contributed by atoms with Gasteiger partial charge in [0, 0.05) is 4.47 Å². The van der Waals surface area contributed by atoms with E-state index in [4.69, 9.17) is 4.74 Å². The standard InChI is InChI=1S/C20H11BrFNO3/c21-12-1-7-15(8-2-12)26-16-9-10-17-18(11-16)20(25)23(19(17)24)14-5-3-13(22)4-6-14/h1-11H. The highest BCUT2D eigenvalue weighted by Crippen LogP contribution is 2.32. The summed E-state index contributed by atoms with van der Waals surface area (Å²) < 4.78 is 19.8. The molecule has 0 bridgehead atoms. The number of fused-ring (bicyclic) bond motifs is 1. The molecule has 0 aromatic heterocycles. The largest absolute Gasteiger partial charge is 0.457 e. The van der Waals surface area contributed by atoms with Gasteiger partial charge in [-0.25, -0.2) is 9.29 Å². The maximum atomic E-state index is 13.1. The van der Waals surface area contributed by atoms with Gasteiger partial charge in [-0.3, -0.25) is 9.59 Å². The van der Waals surface area contributed by atoms with Crippen molar-refractivity contribution in [3.63, 3.8) is 0 Å². The Balaban J connectivity index is 1.65. The van der Waals surface area contributed by atoms with Crippen LogP contribution in [-0.2, 0) is 0 Å². The number of benzene rings is 3. The van der Waals surface area contributed by atoms with Crippen molar-refractivity contribution in [2.75, 3.05) is 4.90 Å². The number of nitrogens with zero attached hydrogens (tertiary/aromatic N) is 1. The Kier molecular flexibility index (Phi) is 4.05. The van der Waals surface area contributed by atoms with Gasteiger partial charge in [-0.2, -0.15) is 0 Å². The van der Waals surface area contributed by atoms with Gasteiger partial charge in [0.05, 0.1) is 16.8 Å². The molecule has 0 saturated carbocycles. The summed E-state index contributed by atoms with van der Waals surface area (Å²) in [7, 11) is 0. The van der Waals surface area contributed by atoms with Crippen LogP contribution in [0.5, 0.6) is 11.5 Å². The molecule has 0 saturated heterocycles. The van der Waals surface area contributed by atoms with E-state index in [-0.39, 0.29) is 5.56 Å². The highest BCUT2D eigenvalue weighted by molar-refractivity contribution is 9.10. The molecule has 0 aliphatic carbocycles. The second kappa shape index (κ2) is 6.38. The fourth-order valence-electron chi connectivity index (χ4n) is 2.75. The number of ether oxygens (including phenoxy) is 1. The second-order valence-corrected chi connectivity index (χ2v) is 6.60. The molecule has 1 aliphatic heterocycles. The van der Waals surface area contributed by atoms with Crippen LogP contribution in [0.2, 0.25) is 0 Å². The van der Waals surface area contributed by atoms with Crippen molar-refractivity contribution in [3.8, 4) is 11.5 Å². The average Bonchev–Trinajstić information content (AvgIpc) is 2.89. The lowest BCUT2D eigenvalue weighted by Crippen LogP contribution is -2.29. The molecule has 0 spiro atoms. The lowest BCUT2D eigenvalue weighted by molar-refractivity contribution is 0.0926. The van der Waals surface area contributed by atoms with E-state index in [0.29, 0.717) is 22.7 Å².